The van der Waals surface area contributed by atoms with Crippen LogP contribution in [0.4, 0.5) is 0 Å². The largest absolute Gasteiger partial charge is 0.505 e. The summed E-state index contributed by atoms with van der Waals surface area (Å²) in [6.07, 6.45) is 2.38. The smallest absolute Gasteiger partial charge is 0.285 e. The molecule has 0 fully saturated rings. The molecule has 1 aromatic heterocycles. The molecule has 0 saturated heterocycles. The van der Waals surface area contributed by atoms with Gasteiger partial charge >= 0.3 is 0 Å². The number of allylic oxidation sites excluding steroid dienone is 1. The number of rotatable bonds is 5. The van der Waals surface area contributed by atoms with Crippen LogP contribution in [0, 0.1) is 6.92 Å². The fourth-order valence-electron chi connectivity index (χ4n) is 2.48. The van der Waals surface area contributed by atoms with Gasteiger partial charge in [0.2, 0.25) is 5.78 Å². The van der Waals surface area contributed by atoms with Crippen molar-refractivity contribution in [2.24, 2.45) is 4.99 Å². The maximum atomic E-state index is 12.4. The molecular weight excluding hydrogens is 294 g/mol. The Kier molecular flexibility index (Phi) is 3.93. The lowest BCUT2D eigenvalue weighted by Gasteiger charge is -2.02. The number of hydrogen-bond acceptors (Lipinski definition) is 4. The van der Waals surface area contributed by atoms with Crippen LogP contribution in [0.2, 0.25) is 0 Å². The first-order chi connectivity index (χ1) is 11.1. The van der Waals surface area contributed by atoms with Crippen molar-refractivity contribution in [3.63, 3.8) is 0 Å². The van der Waals surface area contributed by atoms with Crippen molar-refractivity contribution < 1.29 is 19.1 Å². The number of aliphatic hydroxyl groups is 1. The molecule has 0 bridgehead atoms. The van der Waals surface area contributed by atoms with E-state index in [1.165, 1.54) is 6.26 Å². The van der Waals surface area contributed by atoms with E-state index >= 15 is 0 Å². The molecule has 1 aliphatic rings. The number of amides is 1. The summed E-state index contributed by atoms with van der Waals surface area (Å²) in [6.45, 7) is 1.70. The molecular formula is C18H15NO4. The Morgan fingerprint density at radius 1 is 1.17 bits per heavy atom. The van der Waals surface area contributed by atoms with Crippen LogP contribution < -0.4 is 0 Å². The minimum Gasteiger partial charge on any atom is -0.505 e. The molecule has 5 nitrogen and oxygen atoms in total. The molecule has 0 unspecified atom stereocenters. The number of carbonyl (C=O) groups is 2. The first-order valence-corrected chi connectivity index (χ1v) is 7.26. The number of aliphatic imine (C=N–C) groups is 1. The quantitative estimate of drug-likeness (QED) is 0.679. The van der Waals surface area contributed by atoms with Crippen molar-refractivity contribution in [2.45, 2.75) is 19.8 Å². The minimum absolute atomic E-state index is 0.0550. The van der Waals surface area contributed by atoms with Gasteiger partial charge < -0.3 is 9.52 Å². The summed E-state index contributed by atoms with van der Waals surface area (Å²) in [5.74, 6) is -1.63. The lowest BCUT2D eigenvalue weighted by atomic mass is 10.0. The number of hydrogen-bond donors (Lipinski definition) is 1. The van der Waals surface area contributed by atoms with Crippen LogP contribution in [0.5, 0.6) is 0 Å². The third-order valence-electron chi connectivity index (χ3n) is 3.75. The van der Waals surface area contributed by atoms with Gasteiger partial charge in [-0.25, -0.2) is 4.99 Å². The third-order valence-corrected chi connectivity index (χ3v) is 3.75. The van der Waals surface area contributed by atoms with Crippen molar-refractivity contribution in [1.82, 2.24) is 0 Å². The summed E-state index contributed by atoms with van der Waals surface area (Å²) in [7, 11) is 0. The summed E-state index contributed by atoms with van der Waals surface area (Å²) in [6, 6.07) is 11.3. The monoisotopic (exact) mass is 309 g/mol. The Morgan fingerprint density at radius 2 is 1.91 bits per heavy atom. The van der Waals surface area contributed by atoms with Crippen LogP contribution >= 0.6 is 0 Å². The SMILES string of the molecule is Cc1ccoc1C(=O)C1=C(O)C(CCc2ccccc2)=NC1=O. The maximum Gasteiger partial charge on any atom is 0.285 e. The second-order valence-electron chi connectivity index (χ2n) is 5.33. The van der Waals surface area contributed by atoms with Crippen LogP contribution in [0.3, 0.4) is 0 Å². The van der Waals surface area contributed by atoms with E-state index in [-0.39, 0.29) is 22.8 Å². The number of benzene rings is 1. The molecule has 5 heteroatoms. The first kappa shape index (κ1) is 15.0. The van der Waals surface area contributed by atoms with E-state index in [9.17, 15) is 14.7 Å². The van der Waals surface area contributed by atoms with Gasteiger partial charge in [-0.2, -0.15) is 0 Å². The normalized spacial score (nSPS) is 14.3. The highest BCUT2D eigenvalue weighted by atomic mass is 16.3. The summed E-state index contributed by atoms with van der Waals surface area (Å²) in [5, 5.41) is 10.2. The van der Waals surface area contributed by atoms with Crippen molar-refractivity contribution >= 4 is 17.4 Å². The summed E-state index contributed by atoms with van der Waals surface area (Å²) < 4.78 is 5.10. The summed E-state index contributed by atoms with van der Waals surface area (Å²) >= 11 is 0. The second-order valence-corrected chi connectivity index (χ2v) is 5.33. The lowest BCUT2D eigenvalue weighted by Crippen LogP contribution is -2.12. The van der Waals surface area contributed by atoms with Crippen molar-refractivity contribution in [3.05, 3.63) is 70.9 Å². The first-order valence-electron chi connectivity index (χ1n) is 7.26. The van der Waals surface area contributed by atoms with E-state index in [1.807, 2.05) is 30.3 Å². The number of ketones is 1. The Bertz CT molecular complexity index is 828. The van der Waals surface area contributed by atoms with E-state index in [2.05, 4.69) is 4.99 Å². The predicted octanol–water partition coefficient (Wildman–Crippen LogP) is 3.20. The summed E-state index contributed by atoms with van der Waals surface area (Å²) in [4.78, 5) is 28.2. The van der Waals surface area contributed by atoms with Crippen molar-refractivity contribution in [1.29, 1.82) is 0 Å². The molecule has 2 aromatic rings. The van der Waals surface area contributed by atoms with E-state index in [4.69, 9.17) is 4.42 Å². The maximum absolute atomic E-state index is 12.4. The number of nitrogens with zero attached hydrogens (tertiary/aromatic N) is 1. The molecule has 1 amide bonds. The van der Waals surface area contributed by atoms with Gasteiger partial charge in [0.15, 0.2) is 11.5 Å². The van der Waals surface area contributed by atoms with E-state index in [0.29, 0.717) is 18.4 Å². The van der Waals surface area contributed by atoms with Crippen LogP contribution in [0.15, 0.2) is 63.4 Å². The average Bonchev–Trinajstić information content (AvgIpc) is 3.09. The Labute approximate surface area is 133 Å². The molecule has 0 radical (unpaired) electrons. The van der Waals surface area contributed by atoms with E-state index in [0.717, 1.165) is 5.56 Å². The molecule has 1 aromatic carbocycles. The van der Waals surface area contributed by atoms with Crippen LogP contribution in [-0.2, 0) is 11.2 Å². The molecule has 0 atom stereocenters. The third kappa shape index (κ3) is 2.85. The molecule has 0 aliphatic carbocycles. The number of aryl methyl sites for hydroxylation is 2. The van der Waals surface area contributed by atoms with Crippen LogP contribution in [-0.4, -0.2) is 22.5 Å². The Balaban J connectivity index is 1.80. The minimum atomic E-state index is -0.716. The molecule has 0 saturated carbocycles. The van der Waals surface area contributed by atoms with Gasteiger partial charge in [-0.05, 0) is 37.0 Å². The topological polar surface area (TPSA) is 79.9 Å². The lowest BCUT2D eigenvalue weighted by molar-refractivity contribution is -0.113. The molecule has 23 heavy (non-hydrogen) atoms. The molecule has 2 heterocycles. The van der Waals surface area contributed by atoms with Crippen molar-refractivity contribution in [3.8, 4) is 0 Å². The highest BCUT2D eigenvalue weighted by molar-refractivity contribution is 6.34. The van der Waals surface area contributed by atoms with E-state index in [1.54, 1.807) is 13.0 Å². The molecule has 1 N–H and O–H groups in total. The van der Waals surface area contributed by atoms with Gasteiger partial charge in [0.25, 0.3) is 5.91 Å². The highest BCUT2D eigenvalue weighted by Gasteiger charge is 2.34. The van der Waals surface area contributed by atoms with Crippen molar-refractivity contribution in [2.75, 3.05) is 0 Å². The molecule has 3 rings (SSSR count). The second kappa shape index (κ2) is 6.04. The Hall–Kier alpha value is -2.95. The predicted molar refractivity (Wildman–Crippen MR) is 84.6 cm³/mol. The fourth-order valence-corrected chi connectivity index (χ4v) is 2.48. The molecule has 116 valence electrons. The highest BCUT2D eigenvalue weighted by Crippen LogP contribution is 2.23. The number of furan rings is 1. The molecule has 0 spiro atoms. The number of aliphatic hydroxyl groups excluding tert-OH is 1. The van der Waals surface area contributed by atoms with Gasteiger partial charge in [0.05, 0.1) is 12.0 Å². The zero-order chi connectivity index (χ0) is 16.4. The van der Waals surface area contributed by atoms with E-state index < -0.39 is 11.7 Å². The average molecular weight is 309 g/mol. The van der Waals surface area contributed by atoms with Crippen LogP contribution in [0.25, 0.3) is 0 Å². The zero-order valence-corrected chi connectivity index (χ0v) is 12.6. The Morgan fingerprint density at radius 3 is 2.57 bits per heavy atom. The molecule has 1 aliphatic heterocycles. The summed E-state index contributed by atoms with van der Waals surface area (Å²) in [5.41, 5.74) is 1.61. The zero-order valence-electron chi connectivity index (χ0n) is 12.6. The van der Waals surface area contributed by atoms with Gasteiger partial charge in [0.1, 0.15) is 5.57 Å². The standard InChI is InChI=1S/C18H15NO4/c1-11-9-10-23-17(11)16(21)14-15(20)13(19-18(14)22)8-7-12-5-3-2-4-6-12/h2-6,9-10,20H,7-8H2,1H3. The number of Topliss-reactive ketones (excluding diaryl/α,β-unsaturated/α-hetero) is 1. The fraction of sp³-hybridized carbons (Fsp3) is 0.167. The number of carbonyl (C=O) groups excluding carboxylic acids is 2. The van der Waals surface area contributed by atoms with Gasteiger partial charge in [-0.1, -0.05) is 30.3 Å². The van der Waals surface area contributed by atoms with Gasteiger partial charge in [-0.15, -0.1) is 0 Å². The van der Waals surface area contributed by atoms with Gasteiger partial charge in [0, 0.05) is 0 Å². The van der Waals surface area contributed by atoms with Crippen LogP contribution in [0.1, 0.15) is 28.1 Å². The van der Waals surface area contributed by atoms with Gasteiger partial charge in [-0.3, -0.25) is 9.59 Å².